The molecule has 1 fully saturated rings. The van der Waals surface area contributed by atoms with Crippen molar-refractivity contribution in [2.75, 3.05) is 45.6 Å². The Kier molecular flexibility index (Phi) is 4.54. The van der Waals surface area contributed by atoms with Crippen LogP contribution in [0.25, 0.3) is 0 Å². The van der Waals surface area contributed by atoms with Crippen LogP contribution in [0.15, 0.2) is 0 Å². The summed E-state index contributed by atoms with van der Waals surface area (Å²) in [6, 6.07) is 0.473. The van der Waals surface area contributed by atoms with E-state index in [1.54, 1.807) is 6.92 Å². The van der Waals surface area contributed by atoms with Gasteiger partial charge in [-0.25, -0.2) is 0 Å². The number of ketones is 1. The second-order valence-corrected chi connectivity index (χ2v) is 6.08. The quantitative estimate of drug-likeness (QED) is 0.844. The minimum atomic E-state index is 0.0860. The van der Waals surface area contributed by atoms with Crippen molar-refractivity contribution in [2.24, 2.45) is 0 Å². The number of nitrogens with zero attached hydrogens (tertiary/aromatic N) is 3. The first-order chi connectivity index (χ1) is 8.99. The van der Waals surface area contributed by atoms with E-state index in [4.69, 9.17) is 0 Å². The van der Waals surface area contributed by atoms with E-state index in [2.05, 4.69) is 33.6 Å². The summed E-state index contributed by atoms with van der Waals surface area (Å²) in [4.78, 5) is 16.3. The summed E-state index contributed by atoms with van der Waals surface area (Å²) >= 11 is 1.38. The molecule has 0 radical (unpaired) electrons. The minimum absolute atomic E-state index is 0.0860. The number of nitrogens with one attached hydrogen (secondary N) is 1. The minimum Gasteiger partial charge on any atom is -0.373 e. The number of rotatable bonds is 4. The zero-order chi connectivity index (χ0) is 14.0. The van der Waals surface area contributed by atoms with Crippen molar-refractivity contribution in [3.05, 3.63) is 11.3 Å². The molecule has 1 atom stereocenters. The third-order valence-corrected chi connectivity index (χ3v) is 4.59. The molecule has 1 aromatic heterocycles. The molecule has 0 amide bonds. The summed E-state index contributed by atoms with van der Waals surface area (Å²) in [5.74, 6) is 0.0860. The number of anilines is 1. The molecule has 1 saturated heterocycles. The summed E-state index contributed by atoms with van der Waals surface area (Å²) in [5.41, 5.74) is 1.57. The average Bonchev–Trinajstić information content (AvgIpc) is 2.72. The Hall–Kier alpha value is -0.980. The monoisotopic (exact) mass is 282 g/mol. The SMILES string of the molecule is CC(=O)c1c(C)nsc1NCC1CN(C)CCN1C. The van der Waals surface area contributed by atoms with Gasteiger partial charge in [0.15, 0.2) is 5.78 Å². The van der Waals surface area contributed by atoms with Crippen LogP contribution in [0, 0.1) is 6.92 Å². The summed E-state index contributed by atoms with van der Waals surface area (Å²) in [5, 5.41) is 4.31. The number of likely N-dealkylation sites (N-methyl/N-ethyl adjacent to an activating group) is 2. The van der Waals surface area contributed by atoms with E-state index in [9.17, 15) is 4.79 Å². The molecule has 0 saturated carbocycles. The first-order valence-electron chi connectivity index (χ1n) is 6.59. The molecule has 1 aliphatic heterocycles. The Bertz CT molecular complexity index is 459. The molecule has 1 aromatic rings. The number of carbonyl (C=O) groups is 1. The van der Waals surface area contributed by atoms with Gasteiger partial charge in [-0.2, -0.15) is 4.37 Å². The molecule has 0 aliphatic carbocycles. The number of hydrogen-bond acceptors (Lipinski definition) is 6. The van der Waals surface area contributed by atoms with Crippen LogP contribution >= 0.6 is 11.5 Å². The Morgan fingerprint density at radius 2 is 2.21 bits per heavy atom. The molecule has 0 bridgehead atoms. The number of aromatic nitrogens is 1. The lowest BCUT2D eigenvalue weighted by molar-refractivity contribution is 0.101. The van der Waals surface area contributed by atoms with Gasteiger partial charge in [-0.15, -0.1) is 0 Å². The first-order valence-corrected chi connectivity index (χ1v) is 7.36. The van der Waals surface area contributed by atoms with Gasteiger partial charge in [0.2, 0.25) is 0 Å². The fourth-order valence-electron chi connectivity index (χ4n) is 2.44. The number of piperazine rings is 1. The van der Waals surface area contributed by atoms with E-state index in [1.807, 2.05) is 6.92 Å². The van der Waals surface area contributed by atoms with E-state index < -0.39 is 0 Å². The number of aryl methyl sites for hydroxylation is 1. The number of carbonyl (C=O) groups excluding carboxylic acids is 1. The molecule has 2 rings (SSSR count). The van der Waals surface area contributed by atoms with Gasteiger partial charge in [0, 0.05) is 32.2 Å². The standard InChI is InChI=1S/C13H22N4OS/c1-9-12(10(2)18)13(19-15-9)14-7-11-8-16(3)5-6-17(11)4/h11,14H,5-8H2,1-4H3. The lowest BCUT2D eigenvalue weighted by atomic mass is 10.1. The van der Waals surface area contributed by atoms with Crippen LogP contribution in [0.1, 0.15) is 23.0 Å². The van der Waals surface area contributed by atoms with Crippen molar-refractivity contribution < 1.29 is 4.79 Å². The van der Waals surface area contributed by atoms with Crippen LogP contribution in [0.2, 0.25) is 0 Å². The van der Waals surface area contributed by atoms with Crippen molar-refractivity contribution >= 4 is 22.3 Å². The van der Waals surface area contributed by atoms with Gasteiger partial charge in [-0.3, -0.25) is 9.69 Å². The van der Waals surface area contributed by atoms with Crippen molar-refractivity contribution in [3.8, 4) is 0 Å². The Morgan fingerprint density at radius 1 is 1.47 bits per heavy atom. The molecule has 1 aliphatic rings. The number of Topliss-reactive ketones (excluding diaryl/α,β-unsaturated/α-hetero) is 1. The first kappa shape index (κ1) is 14.4. The van der Waals surface area contributed by atoms with Crippen LogP contribution in [0.5, 0.6) is 0 Å². The van der Waals surface area contributed by atoms with Crippen LogP contribution in [-0.4, -0.2) is 66.3 Å². The predicted octanol–water partition coefficient (Wildman–Crippen LogP) is 1.31. The smallest absolute Gasteiger partial charge is 0.164 e. The molecule has 0 spiro atoms. The highest BCUT2D eigenvalue weighted by molar-refractivity contribution is 7.10. The van der Waals surface area contributed by atoms with Gasteiger partial charge in [0.1, 0.15) is 5.00 Å². The van der Waals surface area contributed by atoms with Gasteiger partial charge in [-0.1, -0.05) is 0 Å². The van der Waals surface area contributed by atoms with Gasteiger partial charge >= 0.3 is 0 Å². The van der Waals surface area contributed by atoms with Gasteiger partial charge in [-0.05, 0) is 39.5 Å². The second kappa shape index (κ2) is 5.98. The third kappa shape index (κ3) is 3.32. The summed E-state index contributed by atoms with van der Waals surface area (Å²) in [6.07, 6.45) is 0. The molecule has 6 heteroatoms. The largest absolute Gasteiger partial charge is 0.373 e. The van der Waals surface area contributed by atoms with Gasteiger partial charge in [0.05, 0.1) is 11.3 Å². The molecule has 2 heterocycles. The topological polar surface area (TPSA) is 48.5 Å². The predicted molar refractivity (Wildman–Crippen MR) is 79.3 cm³/mol. The maximum Gasteiger partial charge on any atom is 0.164 e. The zero-order valence-corrected chi connectivity index (χ0v) is 12.9. The summed E-state index contributed by atoms with van der Waals surface area (Å²) in [6.45, 7) is 7.59. The maximum absolute atomic E-state index is 11.6. The van der Waals surface area contributed by atoms with Crippen molar-refractivity contribution in [2.45, 2.75) is 19.9 Å². The van der Waals surface area contributed by atoms with Crippen LogP contribution in [-0.2, 0) is 0 Å². The molecule has 0 aromatic carbocycles. The molecular formula is C13H22N4OS. The van der Waals surface area contributed by atoms with Crippen molar-refractivity contribution in [1.29, 1.82) is 0 Å². The molecule has 5 nitrogen and oxygen atoms in total. The van der Waals surface area contributed by atoms with Crippen LogP contribution in [0.4, 0.5) is 5.00 Å². The third-order valence-electron chi connectivity index (χ3n) is 3.69. The maximum atomic E-state index is 11.6. The van der Waals surface area contributed by atoms with E-state index in [1.165, 1.54) is 11.5 Å². The van der Waals surface area contributed by atoms with Crippen molar-refractivity contribution in [3.63, 3.8) is 0 Å². The Balaban J connectivity index is 2.00. The fourth-order valence-corrected chi connectivity index (χ4v) is 3.29. The fraction of sp³-hybridized carbons (Fsp3) is 0.692. The molecular weight excluding hydrogens is 260 g/mol. The molecule has 1 unspecified atom stereocenters. The van der Waals surface area contributed by atoms with Gasteiger partial charge in [0.25, 0.3) is 0 Å². The Labute approximate surface area is 118 Å². The lowest BCUT2D eigenvalue weighted by Gasteiger charge is -2.37. The average molecular weight is 282 g/mol. The molecule has 1 N–H and O–H groups in total. The lowest BCUT2D eigenvalue weighted by Crippen LogP contribution is -2.52. The molecule has 19 heavy (non-hydrogen) atoms. The summed E-state index contributed by atoms with van der Waals surface area (Å²) in [7, 11) is 4.31. The van der Waals surface area contributed by atoms with Gasteiger partial charge < -0.3 is 10.2 Å². The van der Waals surface area contributed by atoms with E-state index in [0.717, 1.165) is 42.4 Å². The Morgan fingerprint density at radius 3 is 2.89 bits per heavy atom. The van der Waals surface area contributed by atoms with Crippen molar-refractivity contribution in [1.82, 2.24) is 14.2 Å². The van der Waals surface area contributed by atoms with Crippen LogP contribution < -0.4 is 5.32 Å². The van der Waals surface area contributed by atoms with E-state index in [-0.39, 0.29) is 5.78 Å². The van der Waals surface area contributed by atoms with E-state index in [0.29, 0.717) is 6.04 Å². The highest BCUT2D eigenvalue weighted by Gasteiger charge is 2.23. The van der Waals surface area contributed by atoms with Crippen LogP contribution in [0.3, 0.4) is 0 Å². The normalized spacial score (nSPS) is 21.6. The zero-order valence-electron chi connectivity index (χ0n) is 12.1. The molecule has 106 valence electrons. The number of hydrogen-bond donors (Lipinski definition) is 1. The highest BCUT2D eigenvalue weighted by Crippen LogP contribution is 2.25. The second-order valence-electron chi connectivity index (χ2n) is 5.31. The van der Waals surface area contributed by atoms with E-state index >= 15 is 0 Å². The highest BCUT2D eigenvalue weighted by atomic mass is 32.1. The summed E-state index contributed by atoms with van der Waals surface area (Å²) < 4.78 is 4.27.